The molecule has 0 aliphatic heterocycles. The highest BCUT2D eigenvalue weighted by molar-refractivity contribution is 5.90. The third-order valence-electron chi connectivity index (χ3n) is 6.44. The molecule has 47 heavy (non-hydrogen) atoms. The number of ether oxygens (including phenoxy) is 2. The van der Waals surface area contributed by atoms with E-state index in [1.165, 1.54) is 12.3 Å². The summed E-state index contributed by atoms with van der Waals surface area (Å²) in [4.78, 5) is 57.9. The molecule has 0 radical (unpaired) electrons. The number of benzene rings is 2. The molecule has 5 rings (SSSR count). The van der Waals surface area contributed by atoms with Crippen LogP contribution in [-0.4, -0.2) is 46.1 Å². The van der Waals surface area contributed by atoms with Crippen molar-refractivity contribution in [3.05, 3.63) is 124 Å². The Morgan fingerprint density at radius 1 is 0.851 bits per heavy atom. The number of pyridine rings is 2. The molecule has 244 valence electrons. The summed E-state index contributed by atoms with van der Waals surface area (Å²) >= 11 is 0. The Labute approximate surface area is 270 Å². The summed E-state index contributed by atoms with van der Waals surface area (Å²) in [6.45, 7) is 4.57. The van der Waals surface area contributed by atoms with Crippen molar-refractivity contribution in [2.24, 2.45) is 0 Å². The first-order chi connectivity index (χ1) is 22.7. The van der Waals surface area contributed by atoms with Gasteiger partial charge in [-0.15, -0.1) is 0 Å². The number of carbonyl (C=O) groups is 3. The number of aryl methyl sites for hydroxylation is 2. The van der Waals surface area contributed by atoms with Gasteiger partial charge in [-0.3, -0.25) is 14.6 Å². The van der Waals surface area contributed by atoms with E-state index in [-0.39, 0.29) is 43.2 Å². The summed E-state index contributed by atoms with van der Waals surface area (Å²) in [5, 5.41) is 7.66. The van der Waals surface area contributed by atoms with Crippen LogP contribution in [-0.2, 0) is 33.9 Å². The van der Waals surface area contributed by atoms with E-state index in [0.717, 1.165) is 22.3 Å². The Balaban J connectivity index is 0.000000213. The van der Waals surface area contributed by atoms with Gasteiger partial charge in [0.1, 0.15) is 24.4 Å². The molecule has 3 heterocycles. The number of nitrogens with one attached hydrogen (secondary N) is 4. The highest BCUT2D eigenvalue weighted by Gasteiger charge is 2.09. The Morgan fingerprint density at radius 2 is 1.47 bits per heavy atom. The topological polar surface area (TPSA) is 178 Å². The molecule has 0 atom stereocenters. The molecule has 13 nitrogen and oxygen atoms in total. The van der Waals surface area contributed by atoms with Crippen molar-refractivity contribution in [3.63, 3.8) is 0 Å². The van der Waals surface area contributed by atoms with Crippen molar-refractivity contribution in [1.82, 2.24) is 25.6 Å². The molecule has 4 N–H and O–H groups in total. The SMILES string of the molecule is Cc1cc(=O)c(NC(=O)CCNC(=O)OCc2ccccc2)c[nH]1.Cc1cc2oc(CCNC(=O)OCc3ccccc3)nc2cn1. The van der Waals surface area contributed by atoms with E-state index in [1.807, 2.05) is 73.7 Å². The normalized spacial score (nSPS) is 10.3. The van der Waals surface area contributed by atoms with E-state index in [4.69, 9.17) is 13.9 Å². The standard InChI is InChI=1S/C17H19N3O4.C17H17N3O3/c1-12-9-15(21)14(10-19-12)20-16(22)7-8-18-17(23)24-11-13-5-3-2-4-6-13;1-12-9-15-14(10-19-12)20-16(23-15)7-8-18-17(21)22-11-13-5-3-2-4-6-13/h2-6,9-10H,7-8,11H2,1H3,(H,18,23)(H,19,21)(H,20,22);2-6,9-10H,7-8,11H2,1H3,(H,18,21). The molecule has 0 saturated heterocycles. The number of nitrogens with zero attached hydrogens (tertiary/aromatic N) is 2. The van der Waals surface area contributed by atoms with Crippen molar-refractivity contribution in [2.75, 3.05) is 18.4 Å². The lowest BCUT2D eigenvalue weighted by Crippen LogP contribution is -2.28. The van der Waals surface area contributed by atoms with Gasteiger partial charge in [0.05, 0.1) is 6.20 Å². The van der Waals surface area contributed by atoms with Crippen molar-refractivity contribution in [3.8, 4) is 0 Å². The van der Waals surface area contributed by atoms with E-state index in [2.05, 4.69) is 30.9 Å². The minimum Gasteiger partial charge on any atom is -0.445 e. The summed E-state index contributed by atoms with van der Waals surface area (Å²) in [5.41, 5.74) is 4.75. The smallest absolute Gasteiger partial charge is 0.407 e. The van der Waals surface area contributed by atoms with Gasteiger partial charge in [0, 0.05) is 55.6 Å². The van der Waals surface area contributed by atoms with Crippen LogP contribution in [0.1, 0.15) is 34.8 Å². The largest absolute Gasteiger partial charge is 0.445 e. The number of amides is 3. The van der Waals surface area contributed by atoms with Gasteiger partial charge in [0.2, 0.25) is 11.3 Å². The number of aromatic nitrogens is 3. The van der Waals surface area contributed by atoms with Crippen LogP contribution in [0.25, 0.3) is 11.1 Å². The van der Waals surface area contributed by atoms with E-state index in [9.17, 15) is 19.2 Å². The van der Waals surface area contributed by atoms with Crippen LogP contribution in [0.5, 0.6) is 0 Å². The molecule has 0 fully saturated rings. The number of aromatic amines is 1. The molecule has 0 saturated carbocycles. The second-order valence-corrected chi connectivity index (χ2v) is 10.3. The Bertz CT molecular complexity index is 1820. The van der Waals surface area contributed by atoms with Gasteiger partial charge >= 0.3 is 12.2 Å². The molecule has 13 heteroatoms. The molecule has 0 spiro atoms. The van der Waals surface area contributed by atoms with Gasteiger partial charge in [0.15, 0.2) is 11.5 Å². The fourth-order valence-corrected chi connectivity index (χ4v) is 4.07. The maximum absolute atomic E-state index is 11.8. The minimum atomic E-state index is -0.597. The molecule has 2 aromatic carbocycles. The number of fused-ring (bicyclic) bond motifs is 1. The summed E-state index contributed by atoms with van der Waals surface area (Å²) in [6, 6.07) is 22.1. The third-order valence-corrected chi connectivity index (χ3v) is 6.44. The number of oxazole rings is 1. The molecular weight excluding hydrogens is 604 g/mol. The maximum Gasteiger partial charge on any atom is 0.407 e. The number of anilines is 1. The van der Waals surface area contributed by atoms with Gasteiger partial charge in [0.25, 0.3) is 0 Å². The third kappa shape index (κ3) is 11.8. The van der Waals surface area contributed by atoms with Gasteiger partial charge in [-0.2, -0.15) is 0 Å². The molecule has 0 aliphatic carbocycles. The van der Waals surface area contributed by atoms with Gasteiger partial charge in [-0.05, 0) is 25.0 Å². The predicted molar refractivity (Wildman–Crippen MR) is 175 cm³/mol. The summed E-state index contributed by atoms with van der Waals surface area (Å²) in [6.07, 6.45) is 2.60. The van der Waals surface area contributed by atoms with Crippen LogP contribution >= 0.6 is 0 Å². The quantitative estimate of drug-likeness (QED) is 0.156. The lowest BCUT2D eigenvalue weighted by Gasteiger charge is -2.07. The Kier molecular flexibility index (Phi) is 12.6. The molecule has 0 aliphatic rings. The van der Waals surface area contributed by atoms with E-state index in [1.54, 1.807) is 13.1 Å². The monoisotopic (exact) mass is 640 g/mol. The Morgan fingerprint density at radius 3 is 2.09 bits per heavy atom. The van der Waals surface area contributed by atoms with Crippen molar-refractivity contribution < 1.29 is 28.3 Å². The average molecular weight is 641 g/mol. The number of alkyl carbamates (subject to hydrolysis) is 2. The predicted octanol–water partition coefficient (Wildman–Crippen LogP) is 4.94. The second kappa shape index (κ2) is 17.5. The Hall–Kier alpha value is -5.98. The molecule has 0 bridgehead atoms. The lowest BCUT2D eigenvalue weighted by molar-refractivity contribution is -0.116. The van der Waals surface area contributed by atoms with E-state index < -0.39 is 12.2 Å². The minimum absolute atomic E-state index is 0.0355. The van der Waals surface area contributed by atoms with Crippen LogP contribution in [0.2, 0.25) is 0 Å². The first-order valence-corrected chi connectivity index (χ1v) is 14.9. The highest BCUT2D eigenvalue weighted by Crippen LogP contribution is 2.15. The number of carbonyl (C=O) groups excluding carboxylic acids is 3. The zero-order valence-electron chi connectivity index (χ0n) is 26.1. The van der Waals surface area contributed by atoms with Crippen LogP contribution in [0.4, 0.5) is 15.3 Å². The van der Waals surface area contributed by atoms with Crippen LogP contribution in [0.3, 0.4) is 0 Å². The summed E-state index contributed by atoms with van der Waals surface area (Å²) in [7, 11) is 0. The van der Waals surface area contributed by atoms with Crippen molar-refractivity contribution in [1.29, 1.82) is 0 Å². The number of hydrogen-bond donors (Lipinski definition) is 4. The van der Waals surface area contributed by atoms with Crippen LogP contribution in [0.15, 0.2) is 94.4 Å². The highest BCUT2D eigenvalue weighted by atomic mass is 16.6. The average Bonchev–Trinajstić information content (AvgIpc) is 3.47. The number of H-pyrrole nitrogens is 1. The zero-order valence-corrected chi connectivity index (χ0v) is 26.1. The molecule has 5 aromatic rings. The number of hydrogen-bond acceptors (Lipinski definition) is 9. The molecular formula is C34H36N6O7. The van der Waals surface area contributed by atoms with E-state index in [0.29, 0.717) is 30.1 Å². The second-order valence-electron chi connectivity index (χ2n) is 10.3. The first-order valence-electron chi connectivity index (χ1n) is 14.9. The molecule has 3 aromatic heterocycles. The zero-order chi connectivity index (χ0) is 33.4. The van der Waals surface area contributed by atoms with Gasteiger partial charge < -0.3 is 34.8 Å². The van der Waals surface area contributed by atoms with Crippen LogP contribution < -0.4 is 21.4 Å². The maximum atomic E-state index is 11.8. The number of rotatable bonds is 11. The summed E-state index contributed by atoms with van der Waals surface area (Å²) < 4.78 is 15.8. The van der Waals surface area contributed by atoms with Crippen LogP contribution in [0, 0.1) is 13.8 Å². The molecule has 3 amide bonds. The fourth-order valence-electron chi connectivity index (χ4n) is 4.07. The molecule has 0 unspecified atom stereocenters. The van der Waals surface area contributed by atoms with E-state index >= 15 is 0 Å². The summed E-state index contributed by atoms with van der Waals surface area (Å²) in [5.74, 6) is 0.198. The van der Waals surface area contributed by atoms with Crippen molar-refractivity contribution >= 4 is 34.9 Å². The van der Waals surface area contributed by atoms with Crippen molar-refractivity contribution in [2.45, 2.75) is 39.9 Å². The van der Waals surface area contributed by atoms with Gasteiger partial charge in [-0.25, -0.2) is 14.6 Å². The van der Waals surface area contributed by atoms with Gasteiger partial charge in [-0.1, -0.05) is 60.7 Å². The fraction of sp³-hybridized carbons (Fsp3) is 0.235. The lowest BCUT2D eigenvalue weighted by atomic mass is 10.2. The first kappa shape index (κ1) is 33.9.